The van der Waals surface area contributed by atoms with Crippen LogP contribution in [0.1, 0.15) is 19.3 Å². The lowest BCUT2D eigenvalue weighted by Crippen LogP contribution is -2.45. The van der Waals surface area contributed by atoms with Crippen LogP contribution < -0.4 is 10.6 Å². The summed E-state index contributed by atoms with van der Waals surface area (Å²) in [5.74, 6) is 0.874. The zero-order valence-corrected chi connectivity index (χ0v) is 9.80. The van der Waals surface area contributed by atoms with Gasteiger partial charge >= 0.3 is 5.97 Å². The monoisotopic (exact) mass is 236 g/mol. The molecule has 1 aliphatic heterocycles. The fraction of sp³-hybridized carbons (Fsp3) is 0.545. The molecule has 6 heteroatoms. The van der Waals surface area contributed by atoms with Gasteiger partial charge in [-0.15, -0.1) is 0 Å². The van der Waals surface area contributed by atoms with Gasteiger partial charge in [-0.25, -0.2) is 14.8 Å². The van der Waals surface area contributed by atoms with Crippen LogP contribution in [0.2, 0.25) is 0 Å². The average Bonchev–Trinajstić information content (AvgIpc) is 2.38. The topological polar surface area (TPSA) is 81.3 Å². The fourth-order valence-electron chi connectivity index (χ4n) is 2.11. The molecule has 1 saturated heterocycles. The van der Waals surface area contributed by atoms with Gasteiger partial charge in [-0.2, -0.15) is 0 Å². The minimum Gasteiger partial charge on any atom is -0.467 e. The lowest BCUT2D eigenvalue weighted by Gasteiger charge is -2.34. The standard InChI is InChI=1S/C11H16N4O2/c1-17-11(16)8-4-2-3-5-15(8)10-6-9(12)13-7-14-10/h6-8H,2-5H2,1H3,(H2,12,13,14)/t8-/m0/s1. The van der Waals surface area contributed by atoms with Crippen LogP contribution in [0, 0.1) is 0 Å². The van der Waals surface area contributed by atoms with Crippen molar-refractivity contribution in [1.82, 2.24) is 9.97 Å². The van der Waals surface area contributed by atoms with Crippen LogP contribution >= 0.6 is 0 Å². The van der Waals surface area contributed by atoms with E-state index in [4.69, 9.17) is 10.5 Å². The first-order valence-corrected chi connectivity index (χ1v) is 5.64. The molecule has 0 amide bonds. The van der Waals surface area contributed by atoms with Gasteiger partial charge in [0.2, 0.25) is 0 Å². The van der Waals surface area contributed by atoms with Crippen molar-refractivity contribution in [3.05, 3.63) is 12.4 Å². The van der Waals surface area contributed by atoms with Gasteiger partial charge in [0, 0.05) is 12.6 Å². The van der Waals surface area contributed by atoms with E-state index in [0.29, 0.717) is 11.6 Å². The minimum absolute atomic E-state index is 0.220. The molecule has 2 heterocycles. The van der Waals surface area contributed by atoms with Gasteiger partial charge in [0.1, 0.15) is 24.0 Å². The van der Waals surface area contributed by atoms with Crippen molar-refractivity contribution in [2.45, 2.75) is 25.3 Å². The lowest BCUT2D eigenvalue weighted by atomic mass is 10.0. The number of piperidine rings is 1. The summed E-state index contributed by atoms with van der Waals surface area (Å²) in [6.07, 6.45) is 4.26. The Labute approximate surface area is 99.8 Å². The third kappa shape index (κ3) is 2.46. The fourth-order valence-corrected chi connectivity index (χ4v) is 2.11. The third-order valence-electron chi connectivity index (χ3n) is 2.94. The summed E-state index contributed by atoms with van der Waals surface area (Å²) in [4.78, 5) is 21.6. The molecule has 0 radical (unpaired) electrons. The highest BCUT2D eigenvalue weighted by Crippen LogP contribution is 2.24. The van der Waals surface area contributed by atoms with Gasteiger partial charge in [-0.05, 0) is 19.3 Å². The van der Waals surface area contributed by atoms with Crippen molar-refractivity contribution < 1.29 is 9.53 Å². The van der Waals surface area contributed by atoms with Crippen molar-refractivity contribution >= 4 is 17.6 Å². The Morgan fingerprint density at radius 1 is 1.53 bits per heavy atom. The highest BCUT2D eigenvalue weighted by Gasteiger charge is 2.30. The van der Waals surface area contributed by atoms with Crippen molar-refractivity contribution in [3.8, 4) is 0 Å². The van der Waals surface area contributed by atoms with Crippen LogP contribution in [0.4, 0.5) is 11.6 Å². The molecule has 0 aromatic carbocycles. The van der Waals surface area contributed by atoms with E-state index in [9.17, 15) is 4.79 Å². The Bertz CT molecular complexity index is 410. The minimum atomic E-state index is -0.261. The summed E-state index contributed by atoms with van der Waals surface area (Å²) >= 11 is 0. The van der Waals surface area contributed by atoms with E-state index in [1.165, 1.54) is 13.4 Å². The van der Waals surface area contributed by atoms with Crippen molar-refractivity contribution in [2.24, 2.45) is 0 Å². The maximum atomic E-state index is 11.7. The molecule has 92 valence electrons. The van der Waals surface area contributed by atoms with Gasteiger partial charge in [-0.1, -0.05) is 0 Å². The molecule has 0 aliphatic carbocycles. The second kappa shape index (κ2) is 4.99. The van der Waals surface area contributed by atoms with Crippen LogP contribution in [0.15, 0.2) is 12.4 Å². The highest BCUT2D eigenvalue weighted by molar-refractivity contribution is 5.80. The summed E-state index contributed by atoms with van der Waals surface area (Å²) in [6, 6.07) is 1.42. The molecule has 2 rings (SSSR count). The van der Waals surface area contributed by atoms with E-state index in [1.54, 1.807) is 6.07 Å². The molecule has 0 saturated carbocycles. The molecule has 17 heavy (non-hydrogen) atoms. The number of hydrogen-bond acceptors (Lipinski definition) is 6. The molecule has 1 aromatic heterocycles. The highest BCUT2D eigenvalue weighted by atomic mass is 16.5. The Balaban J connectivity index is 2.24. The maximum absolute atomic E-state index is 11.7. The second-order valence-corrected chi connectivity index (χ2v) is 4.03. The number of aromatic nitrogens is 2. The van der Waals surface area contributed by atoms with E-state index in [-0.39, 0.29) is 12.0 Å². The van der Waals surface area contributed by atoms with E-state index in [1.807, 2.05) is 4.90 Å². The summed E-state index contributed by atoms with van der Waals surface area (Å²) in [5.41, 5.74) is 5.63. The number of rotatable bonds is 2. The zero-order chi connectivity index (χ0) is 12.3. The summed E-state index contributed by atoms with van der Waals surface area (Å²) < 4.78 is 4.82. The van der Waals surface area contributed by atoms with Gasteiger partial charge in [0.15, 0.2) is 0 Å². The molecule has 2 N–H and O–H groups in total. The predicted molar refractivity (Wildman–Crippen MR) is 63.4 cm³/mol. The second-order valence-electron chi connectivity index (χ2n) is 4.03. The average molecular weight is 236 g/mol. The first-order chi connectivity index (χ1) is 8.22. The summed E-state index contributed by atoms with van der Waals surface area (Å²) in [7, 11) is 1.41. The van der Waals surface area contributed by atoms with Crippen LogP contribution in [-0.4, -0.2) is 35.6 Å². The van der Waals surface area contributed by atoms with Gasteiger partial charge < -0.3 is 15.4 Å². The van der Waals surface area contributed by atoms with Crippen LogP contribution in [0.3, 0.4) is 0 Å². The van der Waals surface area contributed by atoms with Crippen molar-refractivity contribution in [2.75, 3.05) is 24.3 Å². The Morgan fingerprint density at radius 3 is 3.06 bits per heavy atom. The van der Waals surface area contributed by atoms with E-state index >= 15 is 0 Å². The molecular formula is C11H16N4O2. The van der Waals surface area contributed by atoms with E-state index in [0.717, 1.165) is 25.8 Å². The van der Waals surface area contributed by atoms with Crippen LogP contribution in [0.25, 0.3) is 0 Å². The Hall–Kier alpha value is -1.85. The number of hydrogen-bond donors (Lipinski definition) is 1. The molecule has 1 fully saturated rings. The number of nitrogens with two attached hydrogens (primary N) is 1. The van der Waals surface area contributed by atoms with Gasteiger partial charge in [-0.3, -0.25) is 0 Å². The van der Waals surface area contributed by atoms with Crippen LogP contribution in [0.5, 0.6) is 0 Å². The number of nitrogens with zero attached hydrogens (tertiary/aromatic N) is 3. The molecule has 0 bridgehead atoms. The molecule has 6 nitrogen and oxygen atoms in total. The van der Waals surface area contributed by atoms with Crippen molar-refractivity contribution in [1.29, 1.82) is 0 Å². The molecule has 1 aromatic rings. The van der Waals surface area contributed by atoms with Gasteiger partial charge in [0.05, 0.1) is 7.11 Å². The number of carbonyl (C=O) groups is 1. The van der Waals surface area contributed by atoms with E-state index in [2.05, 4.69) is 9.97 Å². The predicted octanol–water partition coefficient (Wildman–Crippen LogP) is 0.591. The number of ether oxygens (including phenoxy) is 1. The Morgan fingerprint density at radius 2 is 2.35 bits per heavy atom. The summed E-state index contributed by atoms with van der Waals surface area (Å²) in [5, 5.41) is 0. The SMILES string of the molecule is COC(=O)[C@@H]1CCCCN1c1cc(N)ncn1. The number of anilines is 2. The first kappa shape index (κ1) is 11.6. The zero-order valence-electron chi connectivity index (χ0n) is 9.80. The van der Waals surface area contributed by atoms with Crippen LogP contribution in [-0.2, 0) is 9.53 Å². The maximum Gasteiger partial charge on any atom is 0.328 e. The number of nitrogen functional groups attached to an aromatic ring is 1. The quantitative estimate of drug-likeness (QED) is 0.757. The molecule has 1 atom stereocenters. The molecule has 0 unspecified atom stereocenters. The first-order valence-electron chi connectivity index (χ1n) is 5.64. The summed E-state index contributed by atoms with van der Waals surface area (Å²) in [6.45, 7) is 0.788. The van der Waals surface area contributed by atoms with Crippen molar-refractivity contribution in [3.63, 3.8) is 0 Å². The smallest absolute Gasteiger partial charge is 0.328 e. The largest absolute Gasteiger partial charge is 0.467 e. The Kier molecular flexibility index (Phi) is 3.41. The third-order valence-corrected chi connectivity index (χ3v) is 2.94. The lowest BCUT2D eigenvalue weighted by molar-refractivity contribution is -0.142. The normalized spacial score (nSPS) is 20.1. The van der Waals surface area contributed by atoms with Gasteiger partial charge in [0.25, 0.3) is 0 Å². The number of esters is 1. The molecular weight excluding hydrogens is 220 g/mol. The van der Waals surface area contributed by atoms with E-state index < -0.39 is 0 Å². The number of methoxy groups -OCH3 is 1. The number of carbonyl (C=O) groups excluding carboxylic acids is 1. The molecule has 0 spiro atoms. The molecule has 1 aliphatic rings.